The molecule has 0 atom stereocenters. The van der Waals surface area contributed by atoms with E-state index in [-0.39, 0.29) is 18.4 Å². The highest BCUT2D eigenvalue weighted by atomic mass is 16.2. The molecular weight excluding hydrogens is 360 g/mol. The lowest BCUT2D eigenvalue weighted by molar-refractivity contribution is -0.137. The van der Waals surface area contributed by atoms with Gasteiger partial charge in [0.2, 0.25) is 0 Å². The first-order chi connectivity index (χ1) is 14.1. The number of benzene rings is 3. The zero-order valence-corrected chi connectivity index (χ0v) is 16.5. The second kappa shape index (κ2) is 7.76. The van der Waals surface area contributed by atoms with Crippen LogP contribution < -0.4 is 5.32 Å². The Bertz CT molecular complexity index is 1100. The van der Waals surface area contributed by atoms with E-state index in [2.05, 4.69) is 5.32 Å². The van der Waals surface area contributed by atoms with E-state index in [0.29, 0.717) is 11.3 Å². The van der Waals surface area contributed by atoms with Gasteiger partial charge in [-0.1, -0.05) is 72.8 Å². The Labute approximate surface area is 170 Å². The van der Waals surface area contributed by atoms with E-state index in [1.54, 1.807) is 0 Å². The number of amides is 2. The van der Waals surface area contributed by atoms with Crippen molar-refractivity contribution in [3.05, 3.63) is 107 Å². The summed E-state index contributed by atoms with van der Waals surface area (Å²) in [6, 6.07) is 24.8. The molecule has 4 nitrogen and oxygen atoms in total. The summed E-state index contributed by atoms with van der Waals surface area (Å²) in [6.45, 7) is 4.27. The molecule has 2 amide bonds. The van der Waals surface area contributed by atoms with Crippen LogP contribution in [0.15, 0.2) is 84.6 Å². The highest BCUT2D eigenvalue weighted by Crippen LogP contribution is 2.32. The average Bonchev–Trinajstić information content (AvgIpc) is 2.97. The van der Waals surface area contributed by atoms with Gasteiger partial charge in [-0.3, -0.25) is 14.5 Å². The number of nitrogens with one attached hydrogen (secondary N) is 1. The molecule has 0 aromatic heterocycles. The molecule has 1 heterocycles. The molecule has 0 saturated carbocycles. The number of carbonyl (C=O) groups excluding carboxylic acids is 2. The summed E-state index contributed by atoms with van der Waals surface area (Å²) in [6.07, 6.45) is 0. The molecule has 0 saturated heterocycles. The molecule has 0 bridgehead atoms. The predicted molar refractivity (Wildman–Crippen MR) is 115 cm³/mol. The number of nitrogens with zero attached hydrogens (tertiary/aromatic N) is 1. The fraction of sp³-hybridized carbons (Fsp3) is 0.120. The summed E-state index contributed by atoms with van der Waals surface area (Å²) in [4.78, 5) is 27.9. The highest BCUT2D eigenvalue weighted by molar-refractivity contribution is 6.36. The number of hydrogen-bond acceptors (Lipinski definition) is 3. The van der Waals surface area contributed by atoms with E-state index < -0.39 is 0 Å². The molecule has 3 aromatic rings. The molecule has 0 aliphatic carbocycles. The van der Waals surface area contributed by atoms with Gasteiger partial charge in [0.15, 0.2) is 0 Å². The third kappa shape index (κ3) is 3.57. The smallest absolute Gasteiger partial charge is 0.278 e. The lowest BCUT2D eigenvalue weighted by Gasteiger charge is -2.16. The van der Waals surface area contributed by atoms with Crippen molar-refractivity contribution in [2.45, 2.75) is 20.4 Å². The maximum atomic E-state index is 13.3. The quantitative estimate of drug-likeness (QED) is 0.651. The zero-order valence-electron chi connectivity index (χ0n) is 16.5. The molecule has 4 rings (SSSR count). The zero-order chi connectivity index (χ0) is 20.4. The number of imide groups is 1. The molecule has 29 heavy (non-hydrogen) atoms. The minimum absolute atomic E-state index is 0.243. The van der Waals surface area contributed by atoms with E-state index in [1.807, 2.05) is 92.7 Å². The summed E-state index contributed by atoms with van der Waals surface area (Å²) in [5.41, 5.74) is 5.38. The van der Waals surface area contributed by atoms with Gasteiger partial charge in [0, 0.05) is 5.69 Å². The average molecular weight is 382 g/mol. The van der Waals surface area contributed by atoms with Crippen LogP contribution in [-0.2, 0) is 16.1 Å². The van der Waals surface area contributed by atoms with Crippen LogP contribution in [0.3, 0.4) is 0 Å². The normalized spacial score (nSPS) is 13.9. The first-order valence-electron chi connectivity index (χ1n) is 9.59. The van der Waals surface area contributed by atoms with Crippen LogP contribution >= 0.6 is 0 Å². The Hall–Kier alpha value is -3.66. The third-order valence-electron chi connectivity index (χ3n) is 5.28. The molecule has 0 spiro atoms. The van der Waals surface area contributed by atoms with Crippen LogP contribution in [0.5, 0.6) is 0 Å². The Morgan fingerprint density at radius 2 is 1.41 bits per heavy atom. The van der Waals surface area contributed by atoms with Gasteiger partial charge in [-0.2, -0.15) is 0 Å². The molecule has 144 valence electrons. The van der Waals surface area contributed by atoms with Gasteiger partial charge in [-0.15, -0.1) is 0 Å². The van der Waals surface area contributed by atoms with E-state index in [9.17, 15) is 9.59 Å². The minimum atomic E-state index is -0.307. The Balaban J connectivity index is 1.76. The van der Waals surface area contributed by atoms with Crippen molar-refractivity contribution in [2.24, 2.45) is 0 Å². The first kappa shape index (κ1) is 18.7. The summed E-state index contributed by atoms with van der Waals surface area (Å²) in [5.74, 6) is -0.587. The molecule has 1 aliphatic rings. The van der Waals surface area contributed by atoms with Crippen molar-refractivity contribution in [3.63, 3.8) is 0 Å². The van der Waals surface area contributed by atoms with Crippen LogP contribution in [0.2, 0.25) is 0 Å². The maximum Gasteiger partial charge on any atom is 0.278 e. The van der Waals surface area contributed by atoms with Crippen LogP contribution in [0.4, 0.5) is 5.69 Å². The molecule has 4 heteroatoms. The molecule has 3 aromatic carbocycles. The lowest BCUT2D eigenvalue weighted by Crippen LogP contribution is -2.32. The van der Waals surface area contributed by atoms with Gasteiger partial charge in [0.05, 0.1) is 12.1 Å². The Kier molecular flexibility index (Phi) is 5.00. The van der Waals surface area contributed by atoms with Crippen molar-refractivity contribution in [1.29, 1.82) is 0 Å². The molecule has 0 fully saturated rings. The van der Waals surface area contributed by atoms with Crippen LogP contribution in [0.25, 0.3) is 5.57 Å². The number of rotatable bonds is 5. The van der Waals surface area contributed by atoms with E-state index >= 15 is 0 Å². The fourth-order valence-corrected chi connectivity index (χ4v) is 3.50. The number of aryl methyl sites for hydroxylation is 1. The number of hydrogen-bond donors (Lipinski definition) is 1. The molecule has 0 radical (unpaired) electrons. The minimum Gasteiger partial charge on any atom is -0.350 e. The predicted octanol–water partition coefficient (Wildman–Crippen LogP) is 4.70. The van der Waals surface area contributed by atoms with Crippen molar-refractivity contribution in [3.8, 4) is 0 Å². The number of carbonyl (C=O) groups is 2. The monoisotopic (exact) mass is 382 g/mol. The highest BCUT2D eigenvalue weighted by Gasteiger charge is 2.39. The third-order valence-corrected chi connectivity index (χ3v) is 5.28. The van der Waals surface area contributed by atoms with Crippen molar-refractivity contribution < 1.29 is 9.59 Å². The van der Waals surface area contributed by atoms with Crippen molar-refractivity contribution in [1.82, 2.24) is 4.90 Å². The second-order valence-corrected chi connectivity index (χ2v) is 7.17. The van der Waals surface area contributed by atoms with E-state index in [0.717, 1.165) is 27.9 Å². The molecule has 0 unspecified atom stereocenters. The molecular formula is C25H22N2O2. The van der Waals surface area contributed by atoms with Crippen LogP contribution in [0, 0.1) is 13.8 Å². The fourth-order valence-electron chi connectivity index (χ4n) is 3.50. The number of anilines is 1. The lowest BCUT2D eigenvalue weighted by atomic mass is 10.0. The largest absolute Gasteiger partial charge is 0.350 e. The van der Waals surface area contributed by atoms with Crippen molar-refractivity contribution in [2.75, 3.05) is 5.32 Å². The van der Waals surface area contributed by atoms with Gasteiger partial charge in [0.25, 0.3) is 11.8 Å². The Morgan fingerprint density at radius 1 is 0.759 bits per heavy atom. The summed E-state index contributed by atoms with van der Waals surface area (Å²) < 4.78 is 0. The van der Waals surface area contributed by atoms with Crippen LogP contribution in [-0.4, -0.2) is 16.7 Å². The maximum absolute atomic E-state index is 13.3. The van der Waals surface area contributed by atoms with Gasteiger partial charge in [-0.05, 0) is 42.2 Å². The first-order valence-corrected chi connectivity index (χ1v) is 9.59. The second-order valence-electron chi connectivity index (χ2n) is 7.17. The van der Waals surface area contributed by atoms with Gasteiger partial charge in [0.1, 0.15) is 5.70 Å². The van der Waals surface area contributed by atoms with E-state index in [4.69, 9.17) is 0 Å². The summed E-state index contributed by atoms with van der Waals surface area (Å²) in [7, 11) is 0. The Morgan fingerprint density at radius 3 is 2.10 bits per heavy atom. The van der Waals surface area contributed by atoms with Gasteiger partial charge >= 0.3 is 0 Å². The summed E-state index contributed by atoms with van der Waals surface area (Å²) >= 11 is 0. The topological polar surface area (TPSA) is 49.4 Å². The summed E-state index contributed by atoms with van der Waals surface area (Å²) in [5, 5.41) is 3.26. The van der Waals surface area contributed by atoms with Gasteiger partial charge in [-0.25, -0.2) is 0 Å². The van der Waals surface area contributed by atoms with Gasteiger partial charge < -0.3 is 5.32 Å². The molecule has 1 N–H and O–H groups in total. The SMILES string of the molecule is Cc1cccc(NC2=C(c3ccccc3)C(=O)N(Cc3ccccc3)C2=O)c1C. The standard InChI is InChI=1S/C25H22N2O2/c1-17-10-9-15-21(18(17)2)26-23-22(20-13-7-4-8-14-20)24(28)27(25(23)29)16-19-11-5-3-6-12-19/h3-15,26H,16H2,1-2H3. The van der Waals surface area contributed by atoms with E-state index in [1.165, 1.54) is 4.90 Å². The van der Waals surface area contributed by atoms with Crippen molar-refractivity contribution >= 4 is 23.1 Å². The van der Waals surface area contributed by atoms with Crippen LogP contribution in [0.1, 0.15) is 22.3 Å². The molecule has 1 aliphatic heterocycles.